The topological polar surface area (TPSA) is 94.9 Å². The number of pyridine rings is 1. The smallest absolute Gasteiger partial charge is 0.340 e. The molecule has 1 aromatic carbocycles. The third kappa shape index (κ3) is 2.69. The van der Waals surface area contributed by atoms with E-state index in [2.05, 4.69) is 10.2 Å². The number of benzene rings is 1. The summed E-state index contributed by atoms with van der Waals surface area (Å²) in [4.78, 5) is 38.8. The van der Waals surface area contributed by atoms with Crippen LogP contribution in [0.2, 0.25) is 0 Å². The van der Waals surface area contributed by atoms with Crippen LogP contribution in [0.5, 0.6) is 0 Å². The summed E-state index contributed by atoms with van der Waals surface area (Å²) in [7, 11) is 2.42. The lowest BCUT2D eigenvalue weighted by atomic mass is 9.95. The van der Waals surface area contributed by atoms with Gasteiger partial charge in [-0.3, -0.25) is 4.98 Å². The number of rotatable bonds is 4. The zero-order chi connectivity index (χ0) is 16.1. The number of nitroso groups, excluding NO2 is 1. The number of hydrogen-bond donors (Lipinski definition) is 0. The molecule has 0 saturated heterocycles. The fraction of sp³-hybridized carbons (Fsp3) is 0.133. The van der Waals surface area contributed by atoms with Crippen LogP contribution in [0.4, 0.5) is 5.69 Å². The van der Waals surface area contributed by atoms with Crippen molar-refractivity contribution in [1.29, 1.82) is 0 Å². The van der Waals surface area contributed by atoms with Gasteiger partial charge in [0.15, 0.2) is 0 Å². The monoisotopic (exact) mass is 300 g/mol. The molecule has 0 atom stereocenters. The summed E-state index contributed by atoms with van der Waals surface area (Å²) >= 11 is 0. The van der Waals surface area contributed by atoms with E-state index < -0.39 is 11.9 Å². The minimum atomic E-state index is -0.686. The molecule has 0 aliphatic heterocycles. The number of esters is 2. The molecule has 0 fully saturated rings. The maximum atomic E-state index is 11.9. The number of carbonyl (C=O) groups excluding carboxylic acids is 2. The molecule has 2 rings (SSSR count). The molecule has 7 nitrogen and oxygen atoms in total. The Kier molecular flexibility index (Phi) is 4.57. The van der Waals surface area contributed by atoms with Gasteiger partial charge in [0.2, 0.25) is 0 Å². The number of ether oxygens (including phenoxy) is 2. The van der Waals surface area contributed by atoms with Crippen LogP contribution in [0.1, 0.15) is 20.7 Å². The average Bonchev–Trinajstić information content (AvgIpc) is 2.59. The van der Waals surface area contributed by atoms with E-state index in [1.165, 1.54) is 32.7 Å². The molecule has 0 radical (unpaired) electrons. The Bertz CT molecular complexity index is 708. The van der Waals surface area contributed by atoms with Crippen molar-refractivity contribution in [2.75, 3.05) is 14.2 Å². The molecule has 0 bridgehead atoms. The summed E-state index contributed by atoms with van der Waals surface area (Å²) < 4.78 is 9.40. The number of carbonyl (C=O) groups is 2. The van der Waals surface area contributed by atoms with E-state index in [0.717, 1.165) is 0 Å². The average molecular weight is 300 g/mol. The number of methoxy groups -OCH3 is 2. The van der Waals surface area contributed by atoms with Crippen molar-refractivity contribution < 1.29 is 19.1 Å². The first-order valence-electron chi connectivity index (χ1n) is 6.21. The van der Waals surface area contributed by atoms with Gasteiger partial charge in [0.05, 0.1) is 25.3 Å². The molecular formula is C15H12N2O5. The molecule has 2 aromatic rings. The van der Waals surface area contributed by atoms with Crippen LogP contribution < -0.4 is 0 Å². The van der Waals surface area contributed by atoms with E-state index in [0.29, 0.717) is 5.56 Å². The van der Waals surface area contributed by atoms with Crippen molar-refractivity contribution >= 4 is 17.6 Å². The molecule has 0 spiro atoms. The fourth-order valence-electron chi connectivity index (χ4n) is 2.04. The van der Waals surface area contributed by atoms with E-state index in [-0.39, 0.29) is 22.4 Å². The van der Waals surface area contributed by atoms with E-state index >= 15 is 0 Å². The second kappa shape index (κ2) is 6.57. The molecule has 0 amide bonds. The molecule has 112 valence electrons. The van der Waals surface area contributed by atoms with Gasteiger partial charge in [-0.05, 0) is 11.2 Å². The van der Waals surface area contributed by atoms with E-state index in [1.807, 2.05) is 0 Å². The van der Waals surface area contributed by atoms with Crippen LogP contribution in [0.3, 0.4) is 0 Å². The number of hydrogen-bond acceptors (Lipinski definition) is 7. The van der Waals surface area contributed by atoms with Crippen molar-refractivity contribution in [1.82, 2.24) is 4.98 Å². The van der Waals surface area contributed by atoms with Gasteiger partial charge >= 0.3 is 11.9 Å². The van der Waals surface area contributed by atoms with Crippen molar-refractivity contribution in [2.24, 2.45) is 5.18 Å². The molecule has 0 unspecified atom stereocenters. The number of nitrogens with zero attached hydrogens (tertiary/aromatic N) is 2. The van der Waals surface area contributed by atoms with Gasteiger partial charge in [0.25, 0.3) is 0 Å². The highest BCUT2D eigenvalue weighted by Gasteiger charge is 2.24. The van der Waals surface area contributed by atoms with Crippen molar-refractivity contribution in [3.63, 3.8) is 0 Å². The van der Waals surface area contributed by atoms with Gasteiger partial charge in [-0.25, -0.2) is 9.59 Å². The fourth-order valence-corrected chi connectivity index (χ4v) is 2.04. The molecule has 7 heteroatoms. The minimum Gasteiger partial charge on any atom is -0.465 e. The Hall–Kier alpha value is -3.09. The molecule has 0 aliphatic carbocycles. The predicted octanol–water partition coefficient (Wildman–Crippen LogP) is 2.72. The predicted molar refractivity (Wildman–Crippen MR) is 77.8 cm³/mol. The third-order valence-corrected chi connectivity index (χ3v) is 3.03. The van der Waals surface area contributed by atoms with Gasteiger partial charge in [0, 0.05) is 23.5 Å². The van der Waals surface area contributed by atoms with Crippen molar-refractivity contribution in [3.05, 3.63) is 52.7 Å². The summed E-state index contributed by atoms with van der Waals surface area (Å²) in [6.07, 6.45) is 2.52. The highest BCUT2D eigenvalue weighted by molar-refractivity contribution is 6.06. The second-order valence-electron chi connectivity index (χ2n) is 4.20. The van der Waals surface area contributed by atoms with Gasteiger partial charge in [-0.1, -0.05) is 18.2 Å². The van der Waals surface area contributed by atoms with Gasteiger partial charge in [-0.2, -0.15) is 0 Å². The normalized spacial score (nSPS) is 9.91. The Morgan fingerprint density at radius 2 is 1.55 bits per heavy atom. The lowest BCUT2D eigenvalue weighted by Gasteiger charge is -2.12. The van der Waals surface area contributed by atoms with E-state index in [4.69, 9.17) is 9.47 Å². The summed E-state index contributed by atoms with van der Waals surface area (Å²) in [5.41, 5.74) is 0.691. The highest BCUT2D eigenvalue weighted by atomic mass is 16.5. The SMILES string of the molecule is COC(=O)c1cncc(C(=O)OC)c1-c1ccccc1N=O. The number of aromatic nitrogens is 1. The first kappa shape index (κ1) is 15.3. The largest absolute Gasteiger partial charge is 0.465 e. The van der Waals surface area contributed by atoms with Crippen LogP contribution in [0, 0.1) is 4.91 Å². The third-order valence-electron chi connectivity index (χ3n) is 3.03. The Morgan fingerprint density at radius 1 is 1.00 bits per heavy atom. The summed E-state index contributed by atoms with van der Waals surface area (Å²) in [5, 5.41) is 2.92. The standard InChI is InChI=1S/C15H12N2O5/c1-21-14(18)10-7-16-8-11(15(19)22-2)13(10)9-5-3-4-6-12(9)17-20/h3-8H,1-2H3. The lowest BCUT2D eigenvalue weighted by Crippen LogP contribution is -2.11. The molecule has 0 saturated carbocycles. The first-order chi connectivity index (χ1) is 10.6. The minimum absolute atomic E-state index is 0.0431. The maximum absolute atomic E-state index is 11.9. The Labute approximate surface area is 125 Å². The van der Waals surface area contributed by atoms with Gasteiger partial charge < -0.3 is 9.47 Å². The molecule has 1 aromatic heterocycles. The van der Waals surface area contributed by atoms with Crippen molar-refractivity contribution in [2.45, 2.75) is 0 Å². The van der Waals surface area contributed by atoms with E-state index in [1.54, 1.807) is 18.2 Å². The summed E-state index contributed by atoms with van der Waals surface area (Å²) in [6.45, 7) is 0. The van der Waals surface area contributed by atoms with Gasteiger partial charge in [-0.15, -0.1) is 4.91 Å². The Balaban J connectivity index is 2.83. The summed E-state index contributed by atoms with van der Waals surface area (Å²) in [5.74, 6) is -1.37. The highest BCUT2D eigenvalue weighted by Crippen LogP contribution is 2.35. The molecule has 0 aliphatic rings. The van der Waals surface area contributed by atoms with Crippen LogP contribution in [-0.4, -0.2) is 31.1 Å². The summed E-state index contributed by atoms with van der Waals surface area (Å²) in [6, 6.07) is 6.33. The quantitative estimate of drug-likeness (QED) is 0.636. The maximum Gasteiger partial charge on any atom is 0.340 e. The molecule has 1 heterocycles. The zero-order valence-electron chi connectivity index (χ0n) is 11.9. The van der Waals surface area contributed by atoms with Crippen LogP contribution in [0.25, 0.3) is 11.1 Å². The second-order valence-corrected chi connectivity index (χ2v) is 4.20. The van der Waals surface area contributed by atoms with Crippen LogP contribution in [-0.2, 0) is 9.47 Å². The molecule has 22 heavy (non-hydrogen) atoms. The van der Waals surface area contributed by atoms with Crippen LogP contribution >= 0.6 is 0 Å². The first-order valence-corrected chi connectivity index (χ1v) is 6.21. The Morgan fingerprint density at radius 3 is 2.05 bits per heavy atom. The van der Waals surface area contributed by atoms with Gasteiger partial charge in [0.1, 0.15) is 5.69 Å². The molecule has 0 N–H and O–H groups in total. The zero-order valence-corrected chi connectivity index (χ0v) is 11.9. The molecular weight excluding hydrogens is 288 g/mol. The lowest BCUT2D eigenvalue weighted by molar-refractivity contribution is 0.0600. The van der Waals surface area contributed by atoms with Crippen LogP contribution in [0.15, 0.2) is 41.8 Å². The van der Waals surface area contributed by atoms with E-state index in [9.17, 15) is 14.5 Å². The van der Waals surface area contributed by atoms with Crippen molar-refractivity contribution in [3.8, 4) is 11.1 Å².